The minimum atomic E-state index is -1.09. The molecule has 0 saturated heterocycles. The molecule has 96 valence electrons. The Morgan fingerprint density at radius 3 is 2.79 bits per heavy atom. The third-order valence-electron chi connectivity index (χ3n) is 3.34. The topological polar surface area (TPSA) is 68.3 Å². The highest BCUT2D eigenvalue weighted by Crippen LogP contribution is 2.33. The van der Waals surface area contributed by atoms with Gasteiger partial charge in [0.05, 0.1) is 5.56 Å². The number of aryl methyl sites for hydroxylation is 1. The number of aromatic nitrogens is 2. The predicted molar refractivity (Wildman–Crippen MR) is 70.1 cm³/mol. The van der Waals surface area contributed by atoms with Crippen LogP contribution in [0.1, 0.15) is 16.2 Å². The number of carbonyl (C=O) groups is 1. The van der Waals surface area contributed by atoms with Crippen molar-refractivity contribution in [2.45, 2.75) is 6.92 Å². The van der Waals surface area contributed by atoms with Crippen molar-refractivity contribution in [3.05, 3.63) is 41.9 Å². The van der Waals surface area contributed by atoms with E-state index >= 15 is 0 Å². The van der Waals surface area contributed by atoms with Gasteiger partial charge >= 0.3 is 5.97 Å². The fourth-order valence-corrected chi connectivity index (χ4v) is 2.28. The van der Waals surface area contributed by atoms with Crippen LogP contribution in [0.4, 0.5) is 0 Å². The number of oxazole rings is 1. The van der Waals surface area contributed by atoms with Crippen LogP contribution < -0.4 is 0 Å². The van der Waals surface area contributed by atoms with E-state index in [1.54, 1.807) is 0 Å². The van der Waals surface area contributed by atoms with E-state index < -0.39 is 5.97 Å². The lowest BCUT2D eigenvalue weighted by molar-refractivity contribution is 0.0690. The molecule has 0 fully saturated rings. The Kier molecular flexibility index (Phi) is 2.41. The molecule has 0 atom stereocenters. The Labute approximate surface area is 109 Å². The molecule has 0 bridgehead atoms. The van der Waals surface area contributed by atoms with Gasteiger partial charge in [0.15, 0.2) is 5.69 Å². The molecule has 0 aliphatic rings. The number of nitrogens with zero attached hydrogens (tertiary/aromatic N) is 2. The quantitative estimate of drug-likeness (QED) is 0.765. The molecular formula is C14H12N2O3. The summed E-state index contributed by atoms with van der Waals surface area (Å²) in [6.07, 6.45) is 1.17. The molecule has 3 aromatic rings. The van der Waals surface area contributed by atoms with Gasteiger partial charge in [-0.3, -0.25) is 0 Å². The van der Waals surface area contributed by atoms with Gasteiger partial charge in [0.25, 0.3) is 0 Å². The summed E-state index contributed by atoms with van der Waals surface area (Å²) in [5, 5.41) is 9.91. The van der Waals surface area contributed by atoms with Crippen LogP contribution in [0.3, 0.4) is 0 Å². The summed E-state index contributed by atoms with van der Waals surface area (Å²) in [5.74, 6) is -0.750. The van der Waals surface area contributed by atoms with Crippen LogP contribution in [0, 0.1) is 6.92 Å². The van der Waals surface area contributed by atoms with Crippen molar-refractivity contribution in [1.82, 2.24) is 9.55 Å². The Morgan fingerprint density at radius 2 is 2.11 bits per heavy atom. The Morgan fingerprint density at radius 1 is 1.37 bits per heavy atom. The average molecular weight is 256 g/mol. The molecular weight excluding hydrogens is 244 g/mol. The van der Waals surface area contributed by atoms with Gasteiger partial charge in [-0.25, -0.2) is 9.78 Å². The molecule has 0 saturated carbocycles. The van der Waals surface area contributed by atoms with E-state index in [4.69, 9.17) is 9.52 Å². The van der Waals surface area contributed by atoms with E-state index in [2.05, 4.69) is 4.98 Å². The number of carboxylic acid groups (broad SMARTS) is 1. The number of fused-ring (bicyclic) bond motifs is 1. The standard InChI is InChI=1S/C14H12N2O3/c1-8-12(13-15-10(7-19-13)14(17)18)9-5-3-4-6-11(9)16(8)2/h3-7H,1-2H3,(H,17,18). The molecule has 5 heteroatoms. The fraction of sp³-hybridized carbons (Fsp3) is 0.143. The lowest BCUT2D eigenvalue weighted by Crippen LogP contribution is -1.96. The van der Waals surface area contributed by atoms with Crippen LogP contribution in [0.15, 0.2) is 34.9 Å². The van der Waals surface area contributed by atoms with Gasteiger partial charge in [0, 0.05) is 23.6 Å². The summed E-state index contributed by atoms with van der Waals surface area (Å²) in [6, 6.07) is 7.88. The van der Waals surface area contributed by atoms with Crippen LogP contribution in [0.2, 0.25) is 0 Å². The first-order valence-electron chi connectivity index (χ1n) is 5.83. The van der Waals surface area contributed by atoms with Crippen LogP contribution >= 0.6 is 0 Å². The minimum Gasteiger partial charge on any atom is -0.476 e. The Balaban J connectivity index is 2.29. The lowest BCUT2D eigenvalue weighted by atomic mass is 10.1. The molecule has 0 spiro atoms. The summed E-state index contributed by atoms with van der Waals surface area (Å²) < 4.78 is 7.35. The maximum Gasteiger partial charge on any atom is 0.357 e. The van der Waals surface area contributed by atoms with Gasteiger partial charge in [-0.05, 0) is 13.0 Å². The fourth-order valence-electron chi connectivity index (χ4n) is 2.28. The Hall–Kier alpha value is -2.56. The highest BCUT2D eigenvalue weighted by Gasteiger charge is 2.19. The third kappa shape index (κ3) is 1.62. The number of benzene rings is 1. The molecule has 3 rings (SSSR count). The molecule has 0 aliphatic heterocycles. The second-order valence-electron chi connectivity index (χ2n) is 4.38. The molecule has 0 aliphatic carbocycles. The molecule has 1 aromatic carbocycles. The van der Waals surface area contributed by atoms with Crippen LogP contribution in [0.5, 0.6) is 0 Å². The molecule has 0 unspecified atom stereocenters. The second-order valence-corrected chi connectivity index (χ2v) is 4.38. The monoisotopic (exact) mass is 256 g/mol. The molecule has 1 N–H and O–H groups in total. The van der Waals surface area contributed by atoms with Crippen molar-refractivity contribution in [1.29, 1.82) is 0 Å². The molecule has 0 radical (unpaired) electrons. The van der Waals surface area contributed by atoms with E-state index in [-0.39, 0.29) is 5.69 Å². The first kappa shape index (κ1) is 11.5. The van der Waals surface area contributed by atoms with Crippen molar-refractivity contribution >= 4 is 16.9 Å². The van der Waals surface area contributed by atoms with Crippen molar-refractivity contribution in [2.75, 3.05) is 0 Å². The van der Waals surface area contributed by atoms with Crippen molar-refractivity contribution in [3.63, 3.8) is 0 Å². The van der Waals surface area contributed by atoms with E-state index in [1.165, 1.54) is 6.26 Å². The Bertz CT molecular complexity index is 783. The van der Waals surface area contributed by atoms with Gasteiger partial charge in [-0.2, -0.15) is 0 Å². The van der Waals surface area contributed by atoms with Crippen LogP contribution in [-0.2, 0) is 7.05 Å². The number of carboxylic acids is 1. The molecule has 5 nitrogen and oxygen atoms in total. The lowest BCUT2D eigenvalue weighted by Gasteiger charge is -1.97. The first-order chi connectivity index (χ1) is 9.09. The third-order valence-corrected chi connectivity index (χ3v) is 3.34. The van der Waals surface area contributed by atoms with Crippen molar-refractivity contribution < 1.29 is 14.3 Å². The molecule has 19 heavy (non-hydrogen) atoms. The van der Waals surface area contributed by atoms with Crippen LogP contribution in [-0.4, -0.2) is 20.6 Å². The zero-order chi connectivity index (χ0) is 13.6. The second kappa shape index (κ2) is 3.98. The maximum absolute atomic E-state index is 10.9. The summed E-state index contributed by atoms with van der Waals surface area (Å²) in [4.78, 5) is 14.9. The maximum atomic E-state index is 10.9. The minimum absolute atomic E-state index is 0.0812. The van der Waals surface area contributed by atoms with E-state index in [0.29, 0.717) is 5.89 Å². The highest BCUT2D eigenvalue weighted by molar-refractivity contribution is 5.96. The number of aromatic carboxylic acids is 1. The van der Waals surface area contributed by atoms with Crippen molar-refractivity contribution in [2.24, 2.45) is 7.05 Å². The van der Waals surface area contributed by atoms with Crippen molar-refractivity contribution in [3.8, 4) is 11.5 Å². The highest BCUT2D eigenvalue weighted by atomic mass is 16.4. The number of hydrogen-bond acceptors (Lipinski definition) is 3. The summed E-state index contributed by atoms with van der Waals surface area (Å²) >= 11 is 0. The summed E-state index contributed by atoms with van der Waals surface area (Å²) in [6.45, 7) is 1.96. The molecule has 0 amide bonds. The predicted octanol–water partition coefficient (Wildman–Crippen LogP) is 2.84. The van der Waals surface area contributed by atoms with Gasteiger partial charge in [0.2, 0.25) is 5.89 Å². The normalized spacial score (nSPS) is 11.1. The number of rotatable bonds is 2. The SMILES string of the molecule is Cc1c(-c2nc(C(=O)O)co2)c2ccccc2n1C. The zero-order valence-corrected chi connectivity index (χ0v) is 10.5. The first-order valence-corrected chi connectivity index (χ1v) is 5.83. The number of hydrogen-bond donors (Lipinski definition) is 1. The van der Waals surface area contributed by atoms with E-state index in [1.807, 2.05) is 42.8 Å². The van der Waals surface area contributed by atoms with E-state index in [9.17, 15) is 4.79 Å². The molecule has 2 heterocycles. The zero-order valence-electron chi connectivity index (χ0n) is 10.5. The summed E-state index contributed by atoms with van der Waals surface area (Å²) in [7, 11) is 1.96. The van der Waals surface area contributed by atoms with Gasteiger partial charge < -0.3 is 14.1 Å². The van der Waals surface area contributed by atoms with Crippen LogP contribution in [0.25, 0.3) is 22.4 Å². The number of para-hydroxylation sites is 1. The molecule has 2 aromatic heterocycles. The smallest absolute Gasteiger partial charge is 0.357 e. The van der Waals surface area contributed by atoms with Gasteiger partial charge in [-0.1, -0.05) is 18.2 Å². The average Bonchev–Trinajstić information content (AvgIpc) is 2.96. The van der Waals surface area contributed by atoms with E-state index in [0.717, 1.165) is 22.2 Å². The van der Waals surface area contributed by atoms with Gasteiger partial charge in [-0.15, -0.1) is 0 Å². The largest absolute Gasteiger partial charge is 0.476 e. The van der Waals surface area contributed by atoms with Gasteiger partial charge in [0.1, 0.15) is 6.26 Å². The summed E-state index contributed by atoms with van der Waals surface area (Å²) in [5.41, 5.74) is 2.80.